The van der Waals surface area contributed by atoms with E-state index in [1.165, 1.54) is 0 Å². The SMILES string of the molecule is CONCc1nc2n(n1)CCCCO2. The lowest BCUT2D eigenvalue weighted by Crippen LogP contribution is -2.12. The Kier molecular flexibility index (Phi) is 2.95. The molecule has 6 heteroatoms. The maximum atomic E-state index is 5.43. The van der Waals surface area contributed by atoms with Crippen LogP contribution in [0.15, 0.2) is 0 Å². The van der Waals surface area contributed by atoms with Crippen molar-refractivity contribution in [3.63, 3.8) is 0 Å². The second-order valence-electron chi connectivity index (χ2n) is 3.11. The number of nitrogens with zero attached hydrogens (tertiary/aromatic N) is 3. The summed E-state index contributed by atoms with van der Waals surface area (Å²) in [4.78, 5) is 8.96. The Balaban J connectivity index is 2.06. The molecule has 0 fully saturated rings. The smallest absolute Gasteiger partial charge is 0.315 e. The summed E-state index contributed by atoms with van der Waals surface area (Å²) in [5.74, 6) is 0.698. The Morgan fingerprint density at radius 2 is 2.50 bits per heavy atom. The van der Waals surface area contributed by atoms with Crippen LogP contribution in [0.25, 0.3) is 0 Å². The van der Waals surface area contributed by atoms with Gasteiger partial charge in [0.2, 0.25) is 0 Å². The van der Waals surface area contributed by atoms with Gasteiger partial charge in [-0.2, -0.15) is 15.6 Å². The van der Waals surface area contributed by atoms with Crippen molar-refractivity contribution in [2.75, 3.05) is 13.7 Å². The summed E-state index contributed by atoms with van der Waals surface area (Å²) in [5.41, 5.74) is 2.70. The third-order valence-corrected chi connectivity index (χ3v) is 2.05. The number of aromatic nitrogens is 3. The van der Waals surface area contributed by atoms with Crippen LogP contribution in [0.3, 0.4) is 0 Å². The highest BCUT2D eigenvalue weighted by atomic mass is 16.6. The van der Waals surface area contributed by atoms with Gasteiger partial charge in [-0.25, -0.2) is 4.68 Å². The summed E-state index contributed by atoms with van der Waals surface area (Å²) in [6, 6.07) is 0.621. The monoisotopic (exact) mass is 198 g/mol. The third kappa shape index (κ3) is 2.02. The topological polar surface area (TPSA) is 61.2 Å². The molecule has 0 atom stereocenters. The first-order chi connectivity index (χ1) is 6.90. The van der Waals surface area contributed by atoms with Gasteiger partial charge in [-0.15, -0.1) is 0 Å². The maximum Gasteiger partial charge on any atom is 0.315 e. The number of nitrogens with one attached hydrogen (secondary N) is 1. The second kappa shape index (κ2) is 4.39. The molecule has 6 nitrogen and oxygen atoms in total. The number of hydrogen-bond acceptors (Lipinski definition) is 5. The van der Waals surface area contributed by atoms with Crippen molar-refractivity contribution in [1.29, 1.82) is 0 Å². The lowest BCUT2D eigenvalue weighted by Gasteiger charge is -1.97. The highest BCUT2D eigenvalue weighted by molar-refractivity contribution is 4.99. The zero-order chi connectivity index (χ0) is 9.80. The number of fused-ring (bicyclic) bond motifs is 1. The van der Waals surface area contributed by atoms with Crippen LogP contribution in [0.4, 0.5) is 0 Å². The van der Waals surface area contributed by atoms with E-state index < -0.39 is 0 Å². The first-order valence-corrected chi connectivity index (χ1v) is 4.72. The van der Waals surface area contributed by atoms with E-state index >= 15 is 0 Å². The first-order valence-electron chi connectivity index (χ1n) is 4.72. The molecule has 0 amide bonds. The Labute approximate surface area is 82.2 Å². The van der Waals surface area contributed by atoms with Crippen LogP contribution in [0, 0.1) is 0 Å². The highest BCUT2D eigenvalue weighted by Gasteiger charge is 2.13. The minimum Gasteiger partial charge on any atom is -0.464 e. The van der Waals surface area contributed by atoms with Gasteiger partial charge in [0.05, 0.1) is 20.3 Å². The normalized spacial score (nSPS) is 15.8. The van der Waals surface area contributed by atoms with E-state index in [0.29, 0.717) is 18.4 Å². The first kappa shape index (κ1) is 9.42. The number of hydroxylamine groups is 1. The molecule has 0 aliphatic carbocycles. The molecule has 78 valence electrons. The van der Waals surface area contributed by atoms with Gasteiger partial charge < -0.3 is 9.57 Å². The number of aryl methyl sites for hydroxylation is 1. The Morgan fingerprint density at radius 3 is 3.36 bits per heavy atom. The molecule has 2 rings (SSSR count). The fraction of sp³-hybridized carbons (Fsp3) is 0.750. The van der Waals surface area contributed by atoms with Gasteiger partial charge in [0.1, 0.15) is 0 Å². The summed E-state index contributed by atoms with van der Waals surface area (Å²) in [6.45, 7) is 2.12. The minimum absolute atomic E-state index is 0.500. The Hall–Kier alpha value is -1.14. The van der Waals surface area contributed by atoms with Crippen molar-refractivity contribution in [3.8, 4) is 6.01 Å². The molecule has 0 aromatic carbocycles. The van der Waals surface area contributed by atoms with Gasteiger partial charge in [0.15, 0.2) is 5.82 Å². The van der Waals surface area contributed by atoms with Gasteiger partial charge in [-0.1, -0.05) is 0 Å². The van der Waals surface area contributed by atoms with Crippen molar-refractivity contribution in [1.82, 2.24) is 20.2 Å². The zero-order valence-electron chi connectivity index (χ0n) is 8.19. The Bertz CT molecular complexity index is 276. The van der Waals surface area contributed by atoms with Gasteiger partial charge in [0, 0.05) is 6.54 Å². The van der Waals surface area contributed by atoms with E-state index in [0.717, 1.165) is 26.0 Å². The average Bonchev–Trinajstić information content (AvgIpc) is 2.46. The second-order valence-corrected chi connectivity index (χ2v) is 3.11. The molecule has 0 radical (unpaired) electrons. The molecular weight excluding hydrogens is 184 g/mol. The molecule has 0 bridgehead atoms. The molecule has 0 saturated heterocycles. The Morgan fingerprint density at radius 1 is 1.57 bits per heavy atom. The average molecular weight is 198 g/mol. The highest BCUT2D eigenvalue weighted by Crippen LogP contribution is 2.13. The van der Waals surface area contributed by atoms with Gasteiger partial charge in [0.25, 0.3) is 0 Å². The van der Waals surface area contributed by atoms with Crippen molar-refractivity contribution in [2.24, 2.45) is 0 Å². The van der Waals surface area contributed by atoms with Crippen molar-refractivity contribution in [3.05, 3.63) is 5.82 Å². The third-order valence-electron chi connectivity index (χ3n) is 2.05. The summed E-state index contributed by atoms with van der Waals surface area (Å²) >= 11 is 0. The zero-order valence-corrected chi connectivity index (χ0v) is 8.19. The van der Waals surface area contributed by atoms with E-state index in [4.69, 9.17) is 9.57 Å². The van der Waals surface area contributed by atoms with E-state index in [9.17, 15) is 0 Å². The summed E-state index contributed by atoms with van der Waals surface area (Å²) < 4.78 is 7.24. The molecule has 0 spiro atoms. The largest absolute Gasteiger partial charge is 0.464 e. The summed E-state index contributed by atoms with van der Waals surface area (Å²) in [5, 5.41) is 4.29. The summed E-state index contributed by atoms with van der Waals surface area (Å²) in [6.07, 6.45) is 2.16. The molecule has 0 saturated carbocycles. The quantitative estimate of drug-likeness (QED) is 0.698. The van der Waals surface area contributed by atoms with Crippen LogP contribution in [0.1, 0.15) is 18.7 Å². The predicted octanol–water partition coefficient (Wildman–Crippen LogP) is 0.102. The molecule has 0 unspecified atom stereocenters. The summed E-state index contributed by atoms with van der Waals surface area (Å²) in [7, 11) is 1.57. The molecular formula is C8H14N4O2. The predicted molar refractivity (Wildman–Crippen MR) is 48.6 cm³/mol. The number of hydrogen-bond donors (Lipinski definition) is 1. The minimum atomic E-state index is 0.500. The molecule has 1 aromatic heterocycles. The number of ether oxygens (including phenoxy) is 1. The van der Waals surface area contributed by atoms with Crippen LogP contribution in [-0.2, 0) is 17.9 Å². The van der Waals surface area contributed by atoms with Gasteiger partial charge in [-0.3, -0.25) is 0 Å². The molecule has 1 aromatic rings. The molecule has 1 N–H and O–H groups in total. The lowest BCUT2D eigenvalue weighted by molar-refractivity contribution is 0.0848. The molecule has 1 aliphatic heterocycles. The molecule has 2 heterocycles. The van der Waals surface area contributed by atoms with Gasteiger partial charge in [-0.05, 0) is 12.8 Å². The fourth-order valence-corrected chi connectivity index (χ4v) is 1.36. The molecule has 1 aliphatic rings. The van der Waals surface area contributed by atoms with Crippen molar-refractivity contribution >= 4 is 0 Å². The maximum absolute atomic E-state index is 5.43. The van der Waals surface area contributed by atoms with E-state index in [1.54, 1.807) is 11.8 Å². The van der Waals surface area contributed by atoms with Crippen LogP contribution >= 0.6 is 0 Å². The van der Waals surface area contributed by atoms with Crippen LogP contribution in [-0.4, -0.2) is 28.5 Å². The van der Waals surface area contributed by atoms with Crippen LogP contribution in [0.2, 0.25) is 0 Å². The van der Waals surface area contributed by atoms with Gasteiger partial charge >= 0.3 is 6.01 Å². The van der Waals surface area contributed by atoms with Crippen molar-refractivity contribution < 1.29 is 9.57 Å². The van der Waals surface area contributed by atoms with E-state index in [1.807, 2.05) is 0 Å². The standard InChI is InChI=1S/C8H14N4O2/c1-13-9-6-7-10-8-12(11-7)4-2-3-5-14-8/h9H,2-6H2,1H3. The lowest BCUT2D eigenvalue weighted by atomic mass is 10.3. The molecule has 14 heavy (non-hydrogen) atoms. The fourth-order valence-electron chi connectivity index (χ4n) is 1.36. The van der Waals surface area contributed by atoms with E-state index in [-0.39, 0.29) is 0 Å². The van der Waals surface area contributed by atoms with Crippen molar-refractivity contribution in [2.45, 2.75) is 25.9 Å². The van der Waals surface area contributed by atoms with Crippen LogP contribution < -0.4 is 10.2 Å². The van der Waals surface area contributed by atoms with E-state index in [2.05, 4.69) is 15.6 Å². The number of rotatable bonds is 3. The van der Waals surface area contributed by atoms with Crippen LogP contribution in [0.5, 0.6) is 6.01 Å².